The molecule has 0 spiro atoms. The van der Waals surface area contributed by atoms with Gasteiger partial charge < -0.3 is 19.1 Å². The van der Waals surface area contributed by atoms with Gasteiger partial charge >= 0.3 is 0 Å². The second kappa shape index (κ2) is 9.04. The average Bonchev–Trinajstić information content (AvgIpc) is 3.08. The van der Waals surface area contributed by atoms with Crippen molar-refractivity contribution in [3.63, 3.8) is 0 Å². The van der Waals surface area contributed by atoms with Crippen LogP contribution in [0.1, 0.15) is 40.2 Å². The number of hydrogen-bond acceptors (Lipinski definition) is 3. The van der Waals surface area contributed by atoms with Gasteiger partial charge in [-0.05, 0) is 38.3 Å². The number of benzene rings is 1. The molecule has 6 nitrogen and oxygen atoms in total. The van der Waals surface area contributed by atoms with E-state index in [1.807, 2.05) is 41.0 Å². The molecule has 30 heavy (non-hydrogen) atoms. The van der Waals surface area contributed by atoms with E-state index < -0.39 is 0 Å². The van der Waals surface area contributed by atoms with Gasteiger partial charge in [-0.1, -0.05) is 30.3 Å². The highest BCUT2D eigenvalue weighted by atomic mass is 16.5. The number of amides is 2. The first-order valence-electron chi connectivity index (χ1n) is 10.9. The summed E-state index contributed by atoms with van der Waals surface area (Å²) in [5.74, 6) is 0.337. The third kappa shape index (κ3) is 4.29. The summed E-state index contributed by atoms with van der Waals surface area (Å²) < 4.78 is 7.55. The van der Waals surface area contributed by atoms with Crippen molar-refractivity contribution in [2.45, 2.75) is 33.2 Å². The van der Waals surface area contributed by atoms with Crippen molar-refractivity contribution in [1.82, 2.24) is 14.4 Å². The van der Waals surface area contributed by atoms with Crippen LogP contribution in [0, 0.1) is 19.8 Å². The van der Waals surface area contributed by atoms with Crippen molar-refractivity contribution in [2.24, 2.45) is 5.92 Å². The largest absolute Gasteiger partial charge is 0.378 e. The summed E-state index contributed by atoms with van der Waals surface area (Å²) in [5.41, 5.74) is 4.10. The molecule has 0 atom stereocenters. The molecule has 0 unspecified atom stereocenters. The number of aryl methyl sites for hydroxylation is 1. The zero-order valence-corrected chi connectivity index (χ0v) is 18.0. The van der Waals surface area contributed by atoms with Crippen LogP contribution >= 0.6 is 0 Å². The maximum atomic E-state index is 13.2. The fourth-order valence-electron chi connectivity index (χ4n) is 4.57. The summed E-state index contributed by atoms with van der Waals surface area (Å²) in [6.07, 6.45) is 1.48. The van der Waals surface area contributed by atoms with E-state index >= 15 is 0 Å². The lowest BCUT2D eigenvalue weighted by Crippen LogP contribution is -2.47. The van der Waals surface area contributed by atoms with Crippen LogP contribution in [0.3, 0.4) is 0 Å². The highest BCUT2D eigenvalue weighted by Crippen LogP contribution is 2.24. The van der Waals surface area contributed by atoms with Crippen molar-refractivity contribution in [2.75, 3.05) is 39.4 Å². The second-order valence-electron chi connectivity index (χ2n) is 8.36. The highest BCUT2D eigenvalue weighted by molar-refractivity contribution is 5.96. The Bertz CT molecular complexity index is 892. The van der Waals surface area contributed by atoms with Crippen LogP contribution in [0.25, 0.3) is 0 Å². The first-order valence-corrected chi connectivity index (χ1v) is 10.9. The Kier molecular flexibility index (Phi) is 6.23. The van der Waals surface area contributed by atoms with Crippen molar-refractivity contribution in [1.29, 1.82) is 0 Å². The molecule has 2 aromatic rings. The summed E-state index contributed by atoms with van der Waals surface area (Å²) in [4.78, 5) is 29.8. The molecule has 2 aliphatic rings. The predicted octanol–water partition coefficient (Wildman–Crippen LogP) is 2.86. The quantitative estimate of drug-likeness (QED) is 0.780. The van der Waals surface area contributed by atoms with E-state index in [4.69, 9.17) is 4.74 Å². The monoisotopic (exact) mass is 409 g/mol. The summed E-state index contributed by atoms with van der Waals surface area (Å²) in [6.45, 7) is 8.75. The van der Waals surface area contributed by atoms with Crippen molar-refractivity contribution < 1.29 is 14.3 Å². The number of carbonyl (C=O) groups is 2. The SMILES string of the molecule is Cc1cc(C(=O)N2CCC(C(=O)N3CCOCC3)CC2)c(C)n1Cc1ccccc1. The molecule has 0 bridgehead atoms. The van der Waals surface area contributed by atoms with Gasteiger partial charge in [0.25, 0.3) is 5.91 Å². The van der Waals surface area contributed by atoms with E-state index in [1.165, 1.54) is 5.56 Å². The number of hydrogen-bond donors (Lipinski definition) is 0. The van der Waals surface area contributed by atoms with Gasteiger partial charge in [0.15, 0.2) is 0 Å². The van der Waals surface area contributed by atoms with Gasteiger partial charge in [0.1, 0.15) is 0 Å². The molecule has 0 aliphatic carbocycles. The molecular formula is C24H31N3O3. The Hall–Kier alpha value is -2.60. The molecular weight excluding hydrogens is 378 g/mol. The topological polar surface area (TPSA) is 54.8 Å². The smallest absolute Gasteiger partial charge is 0.255 e. The maximum Gasteiger partial charge on any atom is 0.255 e. The van der Waals surface area contributed by atoms with E-state index in [2.05, 4.69) is 23.6 Å². The second-order valence-corrected chi connectivity index (χ2v) is 8.36. The Morgan fingerprint density at radius 3 is 2.30 bits per heavy atom. The Morgan fingerprint density at radius 1 is 0.967 bits per heavy atom. The van der Waals surface area contributed by atoms with Crippen LogP contribution in [-0.2, 0) is 16.1 Å². The molecule has 1 aromatic heterocycles. The minimum absolute atomic E-state index is 0.0256. The van der Waals surface area contributed by atoms with E-state index in [0.29, 0.717) is 39.4 Å². The first kappa shape index (κ1) is 20.7. The number of nitrogens with zero attached hydrogens (tertiary/aromatic N) is 3. The minimum Gasteiger partial charge on any atom is -0.378 e. The van der Waals surface area contributed by atoms with Crippen LogP contribution in [0.5, 0.6) is 0 Å². The fourth-order valence-corrected chi connectivity index (χ4v) is 4.57. The normalized spacial score (nSPS) is 17.9. The third-order valence-electron chi connectivity index (χ3n) is 6.44. The van der Waals surface area contributed by atoms with Crippen LogP contribution in [0.4, 0.5) is 0 Å². The number of piperidine rings is 1. The number of morpholine rings is 1. The molecule has 2 saturated heterocycles. The highest BCUT2D eigenvalue weighted by Gasteiger charge is 2.32. The molecule has 0 N–H and O–H groups in total. The molecule has 0 radical (unpaired) electrons. The van der Waals surface area contributed by atoms with Gasteiger partial charge in [-0.3, -0.25) is 9.59 Å². The molecule has 3 heterocycles. The third-order valence-corrected chi connectivity index (χ3v) is 6.44. The lowest BCUT2D eigenvalue weighted by atomic mass is 9.94. The van der Waals surface area contributed by atoms with Crippen LogP contribution in [0.15, 0.2) is 36.4 Å². The van der Waals surface area contributed by atoms with Crippen LogP contribution < -0.4 is 0 Å². The minimum atomic E-state index is 0.0256. The number of rotatable bonds is 4. The molecule has 2 fully saturated rings. The summed E-state index contributed by atoms with van der Waals surface area (Å²) in [6, 6.07) is 12.3. The summed E-state index contributed by atoms with van der Waals surface area (Å²) >= 11 is 0. The van der Waals surface area contributed by atoms with Crippen LogP contribution in [0.2, 0.25) is 0 Å². The lowest BCUT2D eigenvalue weighted by molar-refractivity contribution is -0.141. The van der Waals surface area contributed by atoms with Crippen molar-refractivity contribution >= 4 is 11.8 Å². The number of carbonyl (C=O) groups excluding carboxylic acids is 2. The van der Waals surface area contributed by atoms with Gasteiger partial charge in [0.2, 0.25) is 5.91 Å². The predicted molar refractivity (Wildman–Crippen MR) is 115 cm³/mol. The molecule has 4 rings (SSSR count). The Labute approximate surface area is 178 Å². The van der Waals surface area contributed by atoms with Gasteiger partial charge in [0.05, 0.1) is 18.8 Å². The molecule has 1 aromatic carbocycles. The molecule has 0 saturated carbocycles. The lowest BCUT2D eigenvalue weighted by Gasteiger charge is -2.35. The molecule has 2 aliphatic heterocycles. The van der Waals surface area contributed by atoms with E-state index in [1.54, 1.807) is 0 Å². The van der Waals surface area contributed by atoms with Crippen molar-refractivity contribution in [3.8, 4) is 0 Å². The van der Waals surface area contributed by atoms with E-state index in [9.17, 15) is 9.59 Å². The van der Waals surface area contributed by atoms with Gasteiger partial charge in [-0.15, -0.1) is 0 Å². The number of ether oxygens (including phenoxy) is 1. The first-order chi connectivity index (χ1) is 14.5. The Balaban J connectivity index is 1.39. The molecule has 2 amide bonds. The molecule has 160 valence electrons. The van der Waals surface area contributed by atoms with Gasteiger partial charge in [-0.25, -0.2) is 0 Å². The maximum absolute atomic E-state index is 13.2. The number of aromatic nitrogens is 1. The van der Waals surface area contributed by atoms with Crippen LogP contribution in [-0.4, -0.2) is 65.6 Å². The standard InChI is InChI=1S/C24H31N3O3/c1-18-16-22(19(2)27(18)17-20-6-4-3-5-7-20)24(29)25-10-8-21(9-11-25)23(28)26-12-14-30-15-13-26/h3-7,16,21H,8-15,17H2,1-2H3. The van der Waals surface area contributed by atoms with E-state index in [-0.39, 0.29) is 17.7 Å². The average molecular weight is 410 g/mol. The fraction of sp³-hybridized carbons (Fsp3) is 0.500. The van der Waals surface area contributed by atoms with Gasteiger partial charge in [0, 0.05) is 50.0 Å². The number of likely N-dealkylation sites (tertiary alicyclic amines) is 1. The van der Waals surface area contributed by atoms with Crippen molar-refractivity contribution in [3.05, 3.63) is 58.9 Å². The zero-order valence-electron chi connectivity index (χ0n) is 18.0. The molecule has 6 heteroatoms. The summed E-state index contributed by atoms with van der Waals surface area (Å²) in [7, 11) is 0. The Morgan fingerprint density at radius 2 is 1.63 bits per heavy atom. The summed E-state index contributed by atoms with van der Waals surface area (Å²) in [5, 5.41) is 0. The van der Waals surface area contributed by atoms with E-state index in [0.717, 1.165) is 36.3 Å². The van der Waals surface area contributed by atoms with Gasteiger partial charge in [-0.2, -0.15) is 0 Å². The zero-order chi connectivity index (χ0) is 21.1.